The normalized spacial score (nSPS) is 10.6. The fourth-order valence-electron chi connectivity index (χ4n) is 3.31. The van der Waals surface area contributed by atoms with Gasteiger partial charge in [0.1, 0.15) is 21.6 Å². The Morgan fingerprint density at radius 2 is 1.24 bits per heavy atom. The minimum Gasteiger partial charge on any atom is -0.495 e. The van der Waals surface area contributed by atoms with Crippen molar-refractivity contribution in [2.75, 3.05) is 36.4 Å². The molecule has 0 saturated heterocycles. The molecule has 2 heterocycles. The highest BCUT2D eigenvalue weighted by Gasteiger charge is 2.13. The average molecular weight is 541 g/mol. The third-order valence-corrected chi connectivity index (χ3v) is 6.77. The van der Waals surface area contributed by atoms with E-state index in [0.717, 1.165) is 11.1 Å². The van der Waals surface area contributed by atoms with Gasteiger partial charge in [0.2, 0.25) is 11.8 Å². The van der Waals surface area contributed by atoms with Crippen molar-refractivity contribution in [3.8, 4) is 11.5 Å². The van der Waals surface area contributed by atoms with E-state index in [-0.39, 0.29) is 23.3 Å². The zero-order valence-electron chi connectivity index (χ0n) is 20.0. The quantitative estimate of drug-likeness (QED) is 0.197. The summed E-state index contributed by atoms with van der Waals surface area (Å²) >= 11 is 2.56. The van der Waals surface area contributed by atoms with Crippen LogP contribution in [-0.4, -0.2) is 68.4 Å². The number of hydrogen-bond donors (Lipinski definition) is 4. The molecular weight excluding hydrogens is 516 g/mol. The molecule has 0 spiro atoms. The summed E-state index contributed by atoms with van der Waals surface area (Å²) in [7, 11) is 3.11. The smallest absolute Gasteiger partial charge is 0.234 e. The second-order valence-corrected chi connectivity index (χ2v) is 9.53. The molecule has 0 aliphatic carbocycles. The van der Waals surface area contributed by atoms with Gasteiger partial charge in [-0.2, -0.15) is 20.6 Å². The molecule has 0 fully saturated rings. The maximum atomic E-state index is 12.3. The number of nitrogens with one attached hydrogen (secondary N) is 4. The van der Waals surface area contributed by atoms with Crippen molar-refractivity contribution in [2.45, 2.75) is 16.5 Å². The fourth-order valence-corrected chi connectivity index (χ4v) is 4.47. The number of nitrogens with zero attached hydrogens (tertiary/aromatic N) is 4. The molecule has 14 heteroatoms. The van der Waals surface area contributed by atoms with Crippen molar-refractivity contribution in [3.63, 3.8) is 0 Å². The number of thioether (sulfide) groups is 2. The lowest BCUT2D eigenvalue weighted by atomic mass is 10.0. The minimum atomic E-state index is -0.180. The lowest BCUT2D eigenvalue weighted by Gasteiger charge is -2.14. The molecule has 2 aromatic carbocycles. The Morgan fingerprint density at radius 3 is 1.62 bits per heavy atom. The number of H-pyrrole nitrogens is 2. The van der Waals surface area contributed by atoms with E-state index in [1.165, 1.54) is 23.5 Å². The third-order valence-electron chi connectivity index (χ3n) is 4.98. The molecule has 0 atom stereocenters. The number of aromatic amines is 2. The lowest BCUT2D eigenvalue weighted by molar-refractivity contribution is -0.114. The van der Waals surface area contributed by atoms with Crippen LogP contribution < -0.4 is 20.1 Å². The number of benzene rings is 2. The lowest BCUT2D eigenvalue weighted by Crippen LogP contribution is -2.15. The Bertz CT molecular complexity index is 1230. The van der Waals surface area contributed by atoms with Gasteiger partial charge >= 0.3 is 0 Å². The molecule has 4 N–H and O–H groups in total. The SMILES string of the molecule is COc1cc(Cc2ccc(NC(=O)CSc3cn[nH]n3)c(OC)c2)ccc1NC(=O)CSc1cn[nH]n1. The van der Waals surface area contributed by atoms with E-state index < -0.39 is 0 Å². The highest BCUT2D eigenvalue weighted by Crippen LogP contribution is 2.30. The molecule has 0 radical (unpaired) electrons. The maximum absolute atomic E-state index is 12.3. The van der Waals surface area contributed by atoms with Crippen molar-refractivity contribution in [1.29, 1.82) is 0 Å². The molecule has 192 valence electrons. The number of rotatable bonds is 12. The topological polar surface area (TPSA) is 160 Å². The molecule has 0 aliphatic heterocycles. The number of amides is 2. The van der Waals surface area contributed by atoms with Crippen molar-refractivity contribution >= 4 is 46.7 Å². The summed E-state index contributed by atoms with van der Waals surface area (Å²) in [6.07, 6.45) is 3.71. The van der Waals surface area contributed by atoms with Crippen molar-refractivity contribution in [2.24, 2.45) is 0 Å². The summed E-state index contributed by atoms with van der Waals surface area (Å²) in [5.41, 5.74) is 3.12. The summed E-state index contributed by atoms with van der Waals surface area (Å²) in [6, 6.07) is 11.2. The first-order chi connectivity index (χ1) is 18.0. The van der Waals surface area contributed by atoms with Crippen LogP contribution in [0.15, 0.2) is 58.8 Å². The number of anilines is 2. The Labute approximate surface area is 220 Å². The maximum Gasteiger partial charge on any atom is 0.234 e. The second kappa shape index (κ2) is 12.8. The highest BCUT2D eigenvalue weighted by molar-refractivity contribution is 8.00. The van der Waals surface area contributed by atoms with Gasteiger partial charge in [0.25, 0.3) is 0 Å². The predicted molar refractivity (Wildman–Crippen MR) is 140 cm³/mol. The van der Waals surface area contributed by atoms with Crippen molar-refractivity contribution < 1.29 is 19.1 Å². The third kappa shape index (κ3) is 7.47. The number of ether oxygens (including phenoxy) is 2. The molecule has 0 unspecified atom stereocenters. The van der Waals surface area contributed by atoms with Crippen LogP contribution in [-0.2, 0) is 16.0 Å². The van der Waals surface area contributed by atoms with Gasteiger partial charge < -0.3 is 20.1 Å². The van der Waals surface area contributed by atoms with Gasteiger partial charge in [-0.1, -0.05) is 35.7 Å². The Balaban J connectivity index is 1.36. The summed E-state index contributed by atoms with van der Waals surface area (Å²) in [4.78, 5) is 24.7. The summed E-state index contributed by atoms with van der Waals surface area (Å²) in [5.74, 6) is 1.13. The number of carbonyl (C=O) groups is 2. The zero-order chi connectivity index (χ0) is 26.0. The molecular formula is C23H24N8O4S2. The van der Waals surface area contributed by atoms with Crippen LogP contribution >= 0.6 is 23.5 Å². The van der Waals surface area contributed by atoms with Gasteiger partial charge in [0.05, 0.1) is 49.5 Å². The largest absolute Gasteiger partial charge is 0.495 e. The Morgan fingerprint density at radius 1 is 0.784 bits per heavy atom. The molecule has 2 amide bonds. The zero-order valence-corrected chi connectivity index (χ0v) is 21.6. The minimum absolute atomic E-state index is 0.180. The van der Waals surface area contributed by atoms with Gasteiger partial charge in [-0.3, -0.25) is 9.59 Å². The molecule has 12 nitrogen and oxygen atoms in total. The summed E-state index contributed by atoms with van der Waals surface area (Å²) in [6.45, 7) is 0. The fraction of sp³-hybridized carbons (Fsp3) is 0.217. The molecule has 37 heavy (non-hydrogen) atoms. The number of carbonyl (C=O) groups excluding carboxylic acids is 2. The Hall–Kier alpha value is -4.04. The van der Waals surface area contributed by atoms with E-state index in [1.54, 1.807) is 26.6 Å². The predicted octanol–water partition coefficient (Wildman–Crippen LogP) is 2.99. The van der Waals surface area contributed by atoms with Gasteiger partial charge in [0, 0.05) is 0 Å². The van der Waals surface area contributed by atoms with E-state index in [9.17, 15) is 9.59 Å². The Kier molecular flexibility index (Phi) is 8.99. The first kappa shape index (κ1) is 26.0. The molecule has 2 aromatic heterocycles. The van der Waals surface area contributed by atoms with E-state index in [4.69, 9.17) is 9.47 Å². The van der Waals surface area contributed by atoms with Crippen molar-refractivity contribution in [3.05, 3.63) is 59.9 Å². The monoisotopic (exact) mass is 540 g/mol. The van der Waals surface area contributed by atoms with Gasteiger partial charge in [-0.15, -0.1) is 10.2 Å². The molecule has 0 aliphatic rings. The molecule has 0 bridgehead atoms. The van der Waals surface area contributed by atoms with E-state index in [2.05, 4.69) is 41.5 Å². The van der Waals surface area contributed by atoms with Crippen LogP contribution in [0.25, 0.3) is 0 Å². The molecule has 0 saturated carbocycles. The van der Waals surface area contributed by atoms with Gasteiger partial charge in [-0.25, -0.2) is 0 Å². The van der Waals surface area contributed by atoms with Crippen molar-refractivity contribution in [1.82, 2.24) is 30.8 Å². The van der Waals surface area contributed by atoms with Crippen LogP contribution in [0.2, 0.25) is 0 Å². The summed E-state index contributed by atoms with van der Waals surface area (Å²) in [5, 5.41) is 27.3. The summed E-state index contributed by atoms with van der Waals surface area (Å²) < 4.78 is 11.0. The van der Waals surface area contributed by atoms with Crippen LogP contribution in [0.4, 0.5) is 11.4 Å². The van der Waals surface area contributed by atoms with Crippen LogP contribution in [0, 0.1) is 0 Å². The van der Waals surface area contributed by atoms with Crippen LogP contribution in [0.1, 0.15) is 11.1 Å². The first-order valence-electron chi connectivity index (χ1n) is 10.9. The van der Waals surface area contributed by atoms with E-state index in [0.29, 0.717) is 39.3 Å². The molecule has 4 aromatic rings. The average Bonchev–Trinajstić information content (AvgIpc) is 3.62. The first-order valence-corrected chi connectivity index (χ1v) is 12.9. The second-order valence-electron chi connectivity index (χ2n) is 7.54. The number of hydrogen-bond acceptors (Lipinski definition) is 10. The number of aromatic nitrogens is 6. The van der Waals surface area contributed by atoms with Crippen LogP contribution in [0.5, 0.6) is 11.5 Å². The van der Waals surface area contributed by atoms with E-state index >= 15 is 0 Å². The molecule has 4 rings (SSSR count). The van der Waals surface area contributed by atoms with Crippen LogP contribution in [0.3, 0.4) is 0 Å². The number of methoxy groups -OCH3 is 2. The van der Waals surface area contributed by atoms with Gasteiger partial charge in [-0.05, 0) is 41.8 Å². The standard InChI is InChI=1S/C23H24N8O4S2/c1-34-18-8-14(3-5-16(18)26-20(32)12-36-22-10-24-30-28-22)7-15-4-6-17(19(9-15)35-2)27-21(33)13-37-23-11-25-31-29-23/h3-6,8-11H,7,12-13H2,1-2H3,(H,26,32)(H,27,33)(H,24,28,30)(H,25,29,31). The highest BCUT2D eigenvalue weighted by atomic mass is 32.2. The van der Waals surface area contributed by atoms with E-state index in [1.807, 2.05) is 36.4 Å². The van der Waals surface area contributed by atoms with Gasteiger partial charge in [0.15, 0.2) is 0 Å².